The molecule has 0 aliphatic heterocycles. The maximum Gasteiger partial charge on any atom is 0.136 e. The molecule has 0 fully saturated rings. The lowest BCUT2D eigenvalue weighted by atomic mass is 9.98. The van der Waals surface area contributed by atoms with Crippen LogP contribution in [0.3, 0.4) is 0 Å². The normalized spacial score (nSPS) is 19.1. The molecule has 0 bridgehead atoms. The first-order chi connectivity index (χ1) is 7.47. The third-order valence-corrected chi connectivity index (χ3v) is 3.32. The summed E-state index contributed by atoms with van der Waals surface area (Å²) in [6.45, 7) is 8.80. The molecule has 0 radical (unpaired) electrons. The van der Waals surface area contributed by atoms with Gasteiger partial charge in [-0.15, -0.1) is 0 Å². The highest BCUT2D eigenvalue weighted by Gasteiger charge is 2.26. The van der Waals surface area contributed by atoms with Crippen molar-refractivity contribution in [2.75, 3.05) is 6.54 Å². The van der Waals surface area contributed by atoms with Crippen LogP contribution < -0.4 is 5.32 Å². The van der Waals surface area contributed by atoms with Crippen molar-refractivity contribution < 1.29 is 9.52 Å². The number of furan rings is 1. The molecular formula is C13H23NO2. The molecule has 3 nitrogen and oxygen atoms in total. The van der Waals surface area contributed by atoms with Crippen molar-refractivity contribution in [3.05, 3.63) is 24.2 Å². The Hall–Kier alpha value is -0.800. The number of rotatable bonds is 6. The molecule has 0 amide bonds. The minimum absolute atomic E-state index is 0.395. The lowest BCUT2D eigenvalue weighted by Gasteiger charge is -2.26. The van der Waals surface area contributed by atoms with Crippen LogP contribution in [0.4, 0.5) is 0 Å². The molecule has 1 rings (SSSR count). The van der Waals surface area contributed by atoms with E-state index in [4.69, 9.17) is 4.42 Å². The maximum atomic E-state index is 10.2. The van der Waals surface area contributed by atoms with Crippen molar-refractivity contribution in [3.63, 3.8) is 0 Å². The van der Waals surface area contributed by atoms with Crippen molar-refractivity contribution in [3.8, 4) is 0 Å². The molecule has 0 aliphatic carbocycles. The summed E-state index contributed by atoms with van der Waals surface area (Å²) in [5.41, 5.74) is -0.939. The summed E-state index contributed by atoms with van der Waals surface area (Å²) >= 11 is 0. The lowest BCUT2D eigenvalue weighted by molar-refractivity contribution is 0.0303. The zero-order chi connectivity index (χ0) is 12.2. The van der Waals surface area contributed by atoms with Crippen molar-refractivity contribution in [1.29, 1.82) is 0 Å². The summed E-state index contributed by atoms with van der Waals surface area (Å²) in [4.78, 5) is 0. The van der Waals surface area contributed by atoms with E-state index in [0.29, 0.717) is 24.3 Å². The van der Waals surface area contributed by atoms with Crippen molar-refractivity contribution in [2.24, 2.45) is 5.92 Å². The van der Waals surface area contributed by atoms with E-state index in [1.807, 2.05) is 0 Å². The van der Waals surface area contributed by atoms with E-state index >= 15 is 0 Å². The van der Waals surface area contributed by atoms with E-state index in [2.05, 4.69) is 26.1 Å². The molecule has 92 valence electrons. The van der Waals surface area contributed by atoms with Gasteiger partial charge in [0.1, 0.15) is 11.4 Å². The van der Waals surface area contributed by atoms with E-state index in [0.717, 1.165) is 6.42 Å². The van der Waals surface area contributed by atoms with Gasteiger partial charge in [0.15, 0.2) is 0 Å². The molecule has 16 heavy (non-hydrogen) atoms. The number of hydrogen-bond acceptors (Lipinski definition) is 3. The second-order valence-corrected chi connectivity index (χ2v) is 4.81. The minimum atomic E-state index is -0.939. The molecule has 0 saturated carbocycles. The van der Waals surface area contributed by atoms with Crippen LogP contribution in [-0.2, 0) is 5.60 Å². The molecule has 0 spiro atoms. The fraction of sp³-hybridized carbons (Fsp3) is 0.692. The predicted octanol–water partition coefficient (Wildman–Crippen LogP) is 2.51. The second-order valence-electron chi connectivity index (χ2n) is 4.81. The minimum Gasteiger partial charge on any atom is -0.466 e. The van der Waals surface area contributed by atoms with Gasteiger partial charge in [0.2, 0.25) is 0 Å². The van der Waals surface area contributed by atoms with Crippen LogP contribution >= 0.6 is 0 Å². The number of nitrogens with one attached hydrogen (secondary N) is 1. The van der Waals surface area contributed by atoms with Crippen LogP contribution in [0.25, 0.3) is 0 Å². The Morgan fingerprint density at radius 2 is 2.19 bits per heavy atom. The molecule has 2 N–H and O–H groups in total. The van der Waals surface area contributed by atoms with Gasteiger partial charge < -0.3 is 14.8 Å². The molecule has 3 heteroatoms. The van der Waals surface area contributed by atoms with Crippen LogP contribution in [0, 0.1) is 5.92 Å². The number of hydrogen-bond donors (Lipinski definition) is 2. The quantitative estimate of drug-likeness (QED) is 0.782. The summed E-state index contributed by atoms with van der Waals surface area (Å²) in [5.74, 6) is 1.21. The Labute approximate surface area is 97.9 Å². The van der Waals surface area contributed by atoms with Gasteiger partial charge in [-0.2, -0.15) is 0 Å². The third-order valence-electron chi connectivity index (χ3n) is 3.32. The fourth-order valence-corrected chi connectivity index (χ4v) is 1.59. The summed E-state index contributed by atoms with van der Waals surface area (Å²) in [5, 5.41) is 13.6. The molecule has 3 atom stereocenters. The zero-order valence-electron chi connectivity index (χ0n) is 10.7. The lowest BCUT2D eigenvalue weighted by Crippen LogP contribution is -2.41. The van der Waals surface area contributed by atoms with E-state index in [1.54, 1.807) is 25.3 Å². The maximum absolute atomic E-state index is 10.2. The molecular weight excluding hydrogens is 202 g/mol. The van der Waals surface area contributed by atoms with Crippen molar-refractivity contribution in [1.82, 2.24) is 5.32 Å². The van der Waals surface area contributed by atoms with Gasteiger partial charge in [0.25, 0.3) is 0 Å². The Morgan fingerprint density at radius 3 is 2.69 bits per heavy atom. The van der Waals surface area contributed by atoms with Gasteiger partial charge in [0, 0.05) is 12.6 Å². The van der Waals surface area contributed by atoms with Gasteiger partial charge in [0.05, 0.1) is 6.26 Å². The average Bonchev–Trinajstić information content (AvgIpc) is 2.78. The van der Waals surface area contributed by atoms with Crippen molar-refractivity contribution in [2.45, 2.75) is 45.8 Å². The molecule has 1 aromatic heterocycles. The smallest absolute Gasteiger partial charge is 0.136 e. The Balaban J connectivity index is 2.48. The zero-order valence-corrected chi connectivity index (χ0v) is 10.7. The number of aliphatic hydroxyl groups is 1. The monoisotopic (exact) mass is 225 g/mol. The first kappa shape index (κ1) is 13.3. The van der Waals surface area contributed by atoms with Crippen LogP contribution in [0.1, 0.15) is 39.9 Å². The first-order valence-electron chi connectivity index (χ1n) is 5.97. The van der Waals surface area contributed by atoms with Crippen LogP contribution in [-0.4, -0.2) is 17.7 Å². The highest BCUT2D eigenvalue weighted by atomic mass is 16.4. The SMILES string of the molecule is CCC(C)C(C)NCC(C)(O)c1ccco1. The van der Waals surface area contributed by atoms with E-state index < -0.39 is 5.60 Å². The van der Waals surface area contributed by atoms with Gasteiger partial charge in [-0.25, -0.2) is 0 Å². The van der Waals surface area contributed by atoms with Crippen molar-refractivity contribution >= 4 is 0 Å². The molecule has 3 unspecified atom stereocenters. The highest BCUT2D eigenvalue weighted by Crippen LogP contribution is 2.20. The first-order valence-corrected chi connectivity index (χ1v) is 5.97. The Kier molecular flexibility index (Phi) is 4.56. The topological polar surface area (TPSA) is 45.4 Å². The van der Waals surface area contributed by atoms with Gasteiger partial charge in [-0.05, 0) is 31.9 Å². The molecule has 1 heterocycles. The third kappa shape index (κ3) is 3.35. The highest BCUT2D eigenvalue weighted by molar-refractivity contribution is 5.08. The summed E-state index contributed by atoms with van der Waals surface area (Å²) in [6, 6.07) is 3.99. The molecule has 0 aromatic carbocycles. The summed E-state index contributed by atoms with van der Waals surface area (Å²) in [7, 11) is 0. The molecule has 0 aliphatic rings. The summed E-state index contributed by atoms with van der Waals surface area (Å²) in [6.07, 6.45) is 2.72. The van der Waals surface area contributed by atoms with Crippen LogP contribution in [0.2, 0.25) is 0 Å². The van der Waals surface area contributed by atoms with Gasteiger partial charge >= 0.3 is 0 Å². The fourth-order valence-electron chi connectivity index (χ4n) is 1.59. The van der Waals surface area contributed by atoms with Crippen LogP contribution in [0.15, 0.2) is 22.8 Å². The van der Waals surface area contributed by atoms with E-state index in [1.165, 1.54) is 0 Å². The molecule has 1 aromatic rings. The average molecular weight is 225 g/mol. The van der Waals surface area contributed by atoms with Gasteiger partial charge in [-0.3, -0.25) is 0 Å². The van der Waals surface area contributed by atoms with Crippen LogP contribution in [0.5, 0.6) is 0 Å². The summed E-state index contributed by atoms with van der Waals surface area (Å²) < 4.78 is 5.23. The van der Waals surface area contributed by atoms with Gasteiger partial charge in [-0.1, -0.05) is 20.3 Å². The van der Waals surface area contributed by atoms with E-state index in [9.17, 15) is 5.11 Å². The Bertz CT molecular complexity index is 293. The van der Waals surface area contributed by atoms with E-state index in [-0.39, 0.29) is 0 Å². The second kappa shape index (κ2) is 5.51. The standard InChI is InChI=1S/C13H23NO2/c1-5-10(2)11(3)14-9-13(4,15)12-7-6-8-16-12/h6-8,10-11,14-15H,5,9H2,1-4H3. The predicted molar refractivity (Wildman–Crippen MR) is 65.2 cm³/mol. The Morgan fingerprint density at radius 1 is 1.50 bits per heavy atom. The largest absolute Gasteiger partial charge is 0.466 e. The molecule has 0 saturated heterocycles.